The molecule has 0 radical (unpaired) electrons. The van der Waals surface area contributed by atoms with Gasteiger partial charge in [-0.05, 0) is 56.3 Å². The number of aryl methyl sites for hydroxylation is 2. The van der Waals surface area contributed by atoms with Crippen molar-refractivity contribution >= 4 is 29.6 Å². The molecular formula is C24H18O3S. The first-order valence-electron chi connectivity index (χ1n) is 8.94. The lowest BCUT2D eigenvalue weighted by Gasteiger charge is -2.09. The normalized spacial score (nSPS) is 14.2. The van der Waals surface area contributed by atoms with E-state index in [-0.39, 0.29) is 5.78 Å². The Hall–Kier alpha value is -3.11. The van der Waals surface area contributed by atoms with E-state index in [2.05, 4.69) is 0 Å². The first kappa shape index (κ1) is 18.3. The van der Waals surface area contributed by atoms with Crippen molar-refractivity contribution in [1.29, 1.82) is 0 Å². The van der Waals surface area contributed by atoms with Crippen molar-refractivity contribution in [2.45, 2.75) is 18.7 Å². The van der Waals surface area contributed by atoms with Gasteiger partial charge in [0.15, 0.2) is 0 Å². The summed E-state index contributed by atoms with van der Waals surface area (Å²) in [7, 11) is 0. The molecule has 3 nitrogen and oxygen atoms in total. The van der Waals surface area contributed by atoms with Crippen molar-refractivity contribution in [1.82, 2.24) is 0 Å². The molecule has 0 amide bonds. The van der Waals surface area contributed by atoms with E-state index in [0.717, 1.165) is 16.0 Å². The Morgan fingerprint density at radius 2 is 1.64 bits per heavy atom. The number of hydrogen-bond donors (Lipinski definition) is 0. The van der Waals surface area contributed by atoms with Gasteiger partial charge in [-0.25, -0.2) is 4.79 Å². The highest BCUT2D eigenvalue weighted by Crippen LogP contribution is 2.41. The predicted octanol–water partition coefficient (Wildman–Crippen LogP) is 5.85. The summed E-state index contributed by atoms with van der Waals surface area (Å²) in [5, 5.41) is 0. The number of rotatable bonds is 3. The number of ketones is 1. The maximum absolute atomic E-state index is 12.7. The van der Waals surface area contributed by atoms with Crippen LogP contribution in [0.5, 0.6) is 5.75 Å². The van der Waals surface area contributed by atoms with E-state index < -0.39 is 5.97 Å². The van der Waals surface area contributed by atoms with Gasteiger partial charge < -0.3 is 4.74 Å². The minimum atomic E-state index is -0.419. The molecule has 0 aromatic heterocycles. The number of carbonyl (C=O) groups excluding carboxylic acids is 2. The Labute approximate surface area is 168 Å². The van der Waals surface area contributed by atoms with Crippen LogP contribution in [0.2, 0.25) is 0 Å². The summed E-state index contributed by atoms with van der Waals surface area (Å²) in [6, 6.07) is 20.4. The van der Waals surface area contributed by atoms with E-state index >= 15 is 0 Å². The maximum atomic E-state index is 12.7. The summed E-state index contributed by atoms with van der Waals surface area (Å²) in [6.07, 6.45) is 1.80. The van der Waals surface area contributed by atoms with Crippen LogP contribution in [0.1, 0.15) is 37.4 Å². The molecule has 0 atom stereocenters. The predicted molar refractivity (Wildman–Crippen MR) is 112 cm³/mol. The second kappa shape index (κ2) is 7.49. The lowest BCUT2D eigenvalue weighted by atomic mass is 10.1. The Morgan fingerprint density at radius 1 is 0.929 bits per heavy atom. The molecule has 3 aromatic carbocycles. The molecule has 0 aliphatic carbocycles. The molecule has 1 aliphatic heterocycles. The Morgan fingerprint density at radius 3 is 2.39 bits per heavy atom. The topological polar surface area (TPSA) is 43.4 Å². The monoisotopic (exact) mass is 386 g/mol. The zero-order valence-corrected chi connectivity index (χ0v) is 16.4. The van der Waals surface area contributed by atoms with E-state index in [1.54, 1.807) is 24.3 Å². The number of benzene rings is 3. The van der Waals surface area contributed by atoms with Crippen LogP contribution in [-0.4, -0.2) is 11.8 Å². The average Bonchev–Trinajstić information content (AvgIpc) is 3.00. The van der Waals surface area contributed by atoms with Crippen LogP contribution in [0.25, 0.3) is 6.08 Å². The SMILES string of the molecule is Cc1ccc(C(=O)Oc2ccc(C)cc2C=C2Sc3ccccc3C2=O)cc1. The molecule has 4 heteroatoms. The van der Waals surface area contributed by atoms with Crippen molar-refractivity contribution < 1.29 is 14.3 Å². The lowest BCUT2D eigenvalue weighted by molar-refractivity contribution is 0.0734. The second-order valence-electron chi connectivity index (χ2n) is 6.73. The van der Waals surface area contributed by atoms with Crippen LogP contribution >= 0.6 is 11.8 Å². The first-order valence-corrected chi connectivity index (χ1v) is 9.76. The third-order valence-corrected chi connectivity index (χ3v) is 5.62. The lowest BCUT2D eigenvalue weighted by Crippen LogP contribution is -2.09. The minimum absolute atomic E-state index is 0.00193. The molecule has 0 saturated heterocycles. The summed E-state index contributed by atoms with van der Waals surface area (Å²) in [5.74, 6) is 0.0168. The number of carbonyl (C=O) groups is 2. The van der Waals surface area contributed by atoms with Gasteiger partial charge in [0.25, 0.3) is 0 Å². The highest BCUT2D eigenvalue weighted by atomic mass is 32.2. The van der Waals surface area contributed by atoms with E-state index in [4.69, 9.17) is 4.74 Å². The third-order valence-electron chi connectivity index (χ3n) is 4.52. The van der Waals surface area contributed by atoms with Gasteiger partial charge in [0.1, 0.15) is 5.75 Å². The standard InChI is InChI=1S/C24H18O3S/c1-15-7-10-17(11-8-15)24(26)27-20-12-9-16(2)13-18(20)14-22-23(25)19-5-3-4-6-21(19)28-22/h3-14H,1-2H3. The molecule has 1 aliphatic rings. The first-order chi connectivity index (χ1) is 13.5. The number of ether oxygens (including phenoxy) is 1. The van der Waals surface area contributed by atoms with Crippen molar-refractivity contribution in [3.63, 3.8) is 0 Å². The van der Waals surface area contributed by atoms with Gasteiger partial charge in [-0.3, -0.25) is 4.79 Å². The fourth-order valence-corrected chi connectivity index (χ4v) is 4.04. The second-order valence-corrected chi connectivity index (χ2v) is 7.82. The van der Waals surface area contributed by atoms with Crippen molar-refractivity contribution in [2.24, 2.45) is 0 Å². The maximum Gasteiger partial charge on any atom is 0.343 e. The summed E-state index contributed by atoms with van der Waals surface area (Å²) >= 11 is 1.44. The molecule has 28 heavy (non-hydrogen) atoms. The fourth-order valence-electron chi connectivity index (χ4n) is 3.00. The highest BCUT2D eigenvalue weighted by molar-refractivity contribution is 8.04. The van der Waals surface area contributed by atoms with Gasteiger partial charge >= 0.3 is 5.97 Å². The fraction of sp³-hybridized carbons (Fsp3) is 0.0833. The molecule has 138 valence electrons. The number of hydrogen-bond acceptors (Lipinski definition) is 4. The molecule has 0 spiro atoms. The molecule has 0 unspecified atom stereocenters. The van der Waals surface area contributed by atoms with Crippen LogP contribution in [0, 0.1) is 13.8 Å². The van der Waals surface area contributed by atoms with Crippen molar-refractivity contribution in [3.8, 4) is 5.75 Å². The van der Waals surface area contributed by atoms with Crippen molar-refractivity contribution in [3.05, 3.63) is 99.5 Å². The Bertz CT molecular complexity index is 1110. The van der Waals surface area contributed by atoms with Gasteiger partial charge in [0.2, 0.25) is 5.78 Å². The van der Waals surface area contributed by atoms with Crippen LogP contribution < -0.4 is 4.74 Å². The largest absolute Gasteiger partial charge is 0.422 e. The zero-order valence-electron chi connectivity index (χ0n) is 15.6. The van der Waals surface area contributed by atoms with Crippen LogP contribution in [0.4, 0.5) is 0 Å². The number of allylic oxidation sites excluding steroid dienone is 1. The third kappa shape index (κ3) is 3.64. The summed E-state index contributed by atoms with van der Waals surface area (Å²) in [4.78, 5) is 26.8. The minimum Gasteiger partial charge on any atom is -0.422 e. The number of Topliss-reactive ketones (excluding diaryl/α,β-unsaturated/α-hetero) is 1. The summed E-state index contributed by atoms with van der Waals surface area (Å²) in [5.41, 5.74) is 4.01. The molecule has 0 N–H and O–H groups in total. The van der Waals surface area contributed by atoms with Crippen molar-refractivity contribution in [2.75, 3.05) is 0 Å². The molecule has 0 bridgehead atoms. The Balaban J connectivity index is 1.65. The van der Waals surface area contributed by atoms with E-state index in [9.17, 15) is 9.59 Å². The van der Waals surface area contributed by atoms with Gasteiger partial charge in [-0.2, -0.15) is 0 Å². The van der Waals surface area contributed by atoms with Gasteiger partial charge in [-0.1, -0.05) is 53.2 Å². The van der Waals surface area contributed by atoms with E-state index in [0.29, 0.717) is 27.3 Å². The smallest absolute Gasteiger partial charge is 0.343 e. The van der Waals surface area contributed by atoms with Gasteiger partial charge in [-0.15, -0.1) is 0 Å². The molecular weight excluding hydrogens is 368 g/mol. The molecule has 4 rings (SSSR count). The zero-order chi connectivity index (χ0) is 19.7. The quantitative estimate of drug-likeness (QED) is 0.322. The Kier molecular flexibility index (Phi) is 4.88. The summed E-state index contributed by atoms with van der Waals surface area (Å²) in [6.45, 7) is 3.93. The van der Waals surface area contributed by atoms with Gasteiger partial charge in [0, 0.05) is 16.0 Å². The molecule has 3 aromatic rings. The molecule has 1 heterocycles. The molecule has 0 saturated carbocycles. The van der Waals surface area contributed by atoms with Crippen LogP contribution in [-0.2, 0) is 0 Å². The number of fused-ring (bicyclic) bond motifs is 1. The number of esters is 1. The average molecular weight is 386 g/mol. The van der Waals surface area contributed by atoms with E-state index in [1.807, 2.05) is 62.4 Å². The van der Waals surface area contributed by atoms with Crippen LogP contribution in [0.3, 0.4) is 0 Å². The van der Waals surface area contributed by atoms with Crippen LogP contribution in [0.15, 0.2) is 76.5 Å². The van der Waals surface area contributed by atoms with Gasteiger partial charge in [0.05, 0.1) is 10.5 Å². The highest BCUT2D eigenvalue weighted by Gasteiger charge is 2.25. The summed E-state index contributed by atoms with van der Waals surface area (Å²) < 4.78 is 5.65. The molecule has 0 fully saturated rings. The van der Waals surface area contributed by atoms with E-state index in [1.165, 1.54) is 11.8 Å². The number of thioether (sulfide) groups is 1.